The summed E-state index contributed by atoms with van der Waals surface area (Å²) in [6.45, 7) is 2.27. The van der Waals surface area contributed by atoms with Crippen LogP contribution in [0.4, 0.5) is 0 Å². The monoisotopic (exact) mass is 157 g/mol. The van der Waals surface area contributed by atoms with Crippen LogP contribution in [-0.4, -0.2) is 46.5 Å². The van der Waals surface area contributed by atoms with E-state index < -0.39 is 5.60 Å². The normalized spacial score (nSPS) is 31.1. The molecule has 0 aromatic heterocycles. The van der Waals surface area contributed by atoms with E-state index in [4.69, 9.17) is 5.11 Å². The first-order valence-electron chi connectivity index (χ1n) is 4.31. The van der Waals surface area contributed by atoms with Crippen LogP contribution in [0.1, 0.15) is 19.3 Å². The Labute approximate surface area is 66.6 Å². The SMILES string of the molecule is OC1CN(CC2(O)CCC2)C1. The van der Waals surface area contributed by atoms with Gasteiger partial charge < -0.3 is 10.2 Å². The summed E-state index contributed by atoms with van der Waals surface area (Å²) in [5, 5.41) is 18.7. The van der Waals surface area contributed by atoms with Crippen LogP contribution in [0.25, 0.3) is 0 Å². The lowest BCUT2D eigenvalue weighted by molar-refractivity contribution is -0.0957. The van der Waals surface area contributed by atoms with E-state index in [1.165, 1.54) is 0 Å². The minimum Gasteiger partial charge on any atom is -0.390 e. The zero-order chi connectivity index (χ0) is 7.90. The van der Waals surface area contributed by atoms with Crippen LogP contribution in [0.15, 0.2) is 0 Å². The minimum atomic E-state index is -0.403. The standard InChI is InChI=1S/C8H15NO2/c10-7-4-9(5-7)6-8(11)2-1-3-8/h7,10-11H,1-6H2. The lowest BCUT2D eigenvalue weighted by atomic mass is 9.79. The van der Waals surface area contributed by atoms with Gasteiger partial charge in [0.2, 0.25) is 0 Å². The highest BCUT2D eigenvalue weighted by Crippen LogP contribution is 2.33. The predicted octanol–water partition coefficient (Wildman–Crippen LogP) is -0.422. The maximum Gasteiger partial charge on any atom is 0.0793 e. The maximum atomic E-state index is 9.71. The van der Waals surface area contributed by atoms with Crippen molar-refractivity contribution >= 4 is 0 Å². The van der Waals surface area contributed by atoms with Gasteiger partial charge >= 0.3 is 0 Å². The van der Waals surface area contributed by atoms with Gasteiger partial charge in [0.1, 0.15) is 0 Å². The van der Waals surface area contributed by atoms with E-state index in [2.05, 4.69) is 4.90 Å². The molecular formula is C8H15NO2. The fraction of sp³-hybridized carbons (Fsp3) is 1.00. The molecule has 1 saturated carbocycles. The Morgan fingerprint density at radius 2 is 2.00 bits per heavy atom. The largest absolute Gasteiger partial charge is 0.390 e. The van der Waals surface area contributed by atoms with Crippen LogP contribution in [0.5, 0.6) is 0 Å². The van der Waals surface area contributed by atoms with Gasteiger partial charge in [0, 0.05) is 19.6 Å². The predicted molar refractivity (Wildman–Crippen MR) is 41.2 cm³/mol. The number of likely N-dealkylation sites (tertiary alicyclic amines) is 1. The fourth-order valence-corrected chi connectivity index (χ4v) is 1.83. The van der Waals surface area contributed by atoms with Crippen molar-refractivity contribution in [2.75, 3.05) is 19.6 Å². The first kappa shape index (κ1) is 7.53. The third-order valence-corrected chi connectivity index (χ3v) is 2.74. The highest BCUT2D eigenvalue weighted by atomic mass is 16.3. The molecule has 11 heavy (non-hydrogen) atoms. The van der Waals surface area contributed by atoms with Gasteiger partial charge in [0.25, 0.3) is 0 Å². The second-order valence-corrected chi connectivity index (χ2v) is 3.93. The lowest BCUT2D eigenvalue weighted by Crippen LogP contribution is -2.58. The Kier molecular flexibility index (Phi) is 1.67. The van der Waals surface area contributed by atoms with Crippen LogP contribution in [0.3, 0.4) is 0 Å². The Morgan fingerprint density at radius 3 is 2.36 bits per heavy atom. The molecule has 64 valence electrons. The molecule has 2 rings (SSSR count). The topological polar surface area (TPSA) is 43.7 Å². The van der Waals surface area contributed by atoms with E-state index >= 15 is 0 Å². The molecule has 3 nitrogen and oxygen atoms in total. The zero-order valence-corrected chi connectivity index (χ0v) is 6.66. The van der Waals surface area contributed by atoms with Crippen molar-refractivity contribution in [3.63, 3.8) is 0 Å². The molecular weight excluding hydrogens is 142 g/mol. The second-order valence-electron chi connectivity index (χ2n) is 3.93. The minimum absolute atomic E-state index is 0.140. The number of nitrogens with zero attached hydrogens (tertiary/aromatic N) is 1. The Bertz CT molecular complexity index is 150. The molecule has 0 spiro atoms. The summed E-state index contributed by atoms with van der Waals surface area (Å²) in [7, 11) is 0. The van der Waals surface area contributed by atoms with Gasteiger partial charge in [-0.1, -0.05) is 0 Å². The molecule has 0 unspecified atom stereocenters. The first-order chi connectivity index (χ1) is 5.18. The van der Waals surface area contributed by atoms with Gasteiger partial charge in [-0.3, -0.25) is 4.90 Å². The Morgan fingerprint density at radius 1 is 1.36 bits per heavy atom. The van der Waals surface area contributed by atoms with Gasteiger partial charge in [0.15, 0.2) is 0 Å². The summed E-state index contributed by atoms with van der Waals surface area (Å²) < 4.78 is 0. The summed E-state index contributed by atoms with van der Waals surface area (Å²) in [6.07, 6.45) is 2.91. The number of aliphatic hydroxyl groups is 2. The van der Waals surface area contributed by atoms with E-state index in [-0.39, 0.29) is 6.10 Å². The molecule has 2 N–H and O–H groups in total. The molecule has 0 aromatic carbocycles. The number of rotatable bonds is 2. The molecule has 1 aliphatic heterocycles. The average molecular weight is 157 g/mol. The molecule has 1 aliphatic carbocycles. The van der Waals surface area contributed by atoms with Crippen molar-refractivity contribution in [3.8, 4) is 0 Å². The third-order valence-electron chi connectivity index (χ3n) is 2.74. The number of hydrogen-bond donors (Lipinski definition) is 2. The van der Waals surface area contributed by atoms with Crippen molar-refractivity contribution in [1.82, 2.24) is 4.90 Å². The van der Waals surface area contributed by atoms with Crippen molar-refractivity contribution < 1.29 is 10.2 Å². The summed E-state index contributed by atoms with van der Waals surface area (Å²) in [5.41, 5.74) is -0.403. The molecule has 3 heteroatoms. The van der Waals surface area contributed by atoms with Crippen molar-refractivity contribution in [3.05, 3.63) is 0 Å². The van der Waals surface area contributed by atoms with E-state index in [1.54, 1.807) is 0 Å². The average Bonchev–Trinajstić information content (AvgIpc) is 1.81. The fourth-order valence-electron chi connectivity index (χ4n) is 1.83. The van der Waals surface area contributed by atoms with Crippen molar-refractivity contribution in [1.29, 1.82) is 0 Å². The number of aliphatic hydroxyl groups excluding tert-OH is 1. The van der Waals surface area contributed by atoms with E-state index in [9.17, 15) is 5.11 Å². The van der Waals surface area contributed by atoms with Crippen LogP contribution in [-0.2, 0) is 0 Å². The van der Waals surface area contributed by atoms with E-state index in [0.717, 1.165) is 38.9 Å². The summed E-state index contributed by atoms with van der Waals surface area (Å²) in [5.74, 6) is 0. The molecule has 2 fully saturated rings. The van der Waals surface area contributed by atoms with Gasteiger partial charge in [-0.15, -0.1) is 0 Å². The Balaban J connectivity index is 1.73. The smallest absolute Gasteiger partial charge is 0.0793 e. The molecule has 0 aromatic rings. The van der Waals surface area contributed by atoms with Crippen molar-refractivity contribution in [2.24, 2.45) is 0 Å². The molecule has 0 radical (unpaired) electrons. The van der Waals surface area contributed by atoms with Crippen LogP contribution in [0, 0.1) is 0 Å². The van der Waals surface area contributed by atoms with Gasteiger partial charge in [-0.2, -0.15) is 0 Å². The van der Waals surface area contributed by atoms with E-state index in [0.29, 0.717) is 0 Å². The molecule has 2 aliphatic rings. The molecule has 0 atom stereocenters. The number of β-amino-alcohol motifs (C(OH)–C–C–N with tert-alkyl or cyclic N) is 2. The molecule has 0 amide bonds. The zero-order valence-electron chi connectivity index (χ0n) is 6.66. The summed E-state index contributed by atoms with van der Waals surface area (Å²) >= 11 is 0. The molecule has 1 heterocycles. The quantitative estimate of drug-likeness (QED) is 0.572. The van der Waals surface area contributed by atoms with Gasteiger partial charge in [-0.05, 0) is 19.3 Å². The maximum absolute atomic E-state index is 9.71. The third kappa shape index (κ3) is 1.41. The van der Waals surface area contributed by atoms with Gasteiger partial charge in [-0.25, -0.2) is 0 Å². The highest BCUT2D eigenvalue weighted by molar-refractivity contribution is 4.93. The molecule has 0 bridgehead atoms. The molecule has 1 saturated heterocycles. The Hall–Kier alpha value is -0.120. The van der Waals surface area contributed by atoms with Gasteiger partial charge in [0.05, 0.1) is 11.7 Å². The van der Waals surface area contributed by atoms with E-state index in [1.807, 2.05) is 0 Å². The first-order valence-corrected chi connectivity index (χ1v) is 4.31. The van der Waals surface area contributed by atoms with Crippen LogP contribution >= 0.6 is 0 Å². The van der Waals surface area contributed by atoms with Crippen molar-refractivity contribution in [2.45, 2.75) is 31.0 Å². The second kappa shape index (κ2) is 2.44. The highest BCUT2D eigenvalue weighted by Gasteiger charge is 2.38. The summed E-state index contributed by atoms with van der Waals surface area (Å²) in [6, 6.07) is 0. The van der Waals surface area contributed by atoms with Crippen LogP contribution < -0.4 is 0 Å². The number of hydrogen-bond acceptors (Lipinski definition) is 3. The van der Waals surface area contributed by atoms with Crippen LogP contribution in [0.2, 0.25) is 0 Å². The lowest BCUT2D eigenvalue weighted by Gasteiger charge is -2.45. The summed E-state index contributed by atoms with van der Waals surface area (Å²) in [4.78, 5) is 2.11.